The number of rotatable bonds is 5. The topological polar surface area (TPSA) is 28.2 Å². The number of hydrogen-bond acceptors (Lipinski definition) is 4. The van der Waals surface area contributed by atoms with Gasteiger partial charge in [-0.05, 0) is 33.9 Å². The Hall–Kier alpha value is -0.450. The average Bonchev–Trinajstić information content (AvgIpc) is 2.89. The van der Waals surface area contributed by atoms with Gasteiger partial charge in [-0.3, -0.25) is 0 Å². The first-order chi connectivity index (χ1) is 8.12. The summed E-state index contributed by atoms with van der Waals surface area (Å²) in [5.41, 5.74) is 1.56. The van der Waals surface area contributed by atoms with Crippen molar-refractivity contribution in [2.24, 2.45) is 0 Å². The first-order valence-corrected chi connectivity index (χ1v) is 7.29. The Balaban J connectivity index is 1.84. The van der Waals surface area contributed by atoms with Gasteiger partial charge >= 0.3 is 0 Å². The summed E-state index contributed by atoms with van der Waals surface area (Å²) in [6.45, 7) is 4.04. The van der Waals surface area contributed by atoms with Gasteiger partial charge in [0.2, 0.25) is 0 Å². The Labute approximate surface area is 108 Å². The highest BCUT2D eigenvalue weighted by Crippen LogP contribution is 2.33. The summed E-state index contributed by atoms with van der Waals surface area (Å²) in [5.74, 6) is 0. The van der Waals surface area contributed by atoms with E-state index in [1.807, 2.05) is 0 Å². The lowest BCUT2D eigenvalue weighted by Crippen LogP contribution is -2.49. The van der Waals surface area contributed by atoms with Gasteiger partial charge in [0.05, 0.1) is 10.7 Å². The van der Waals surface area contributed by atoms with Gasteiger partial charge < -0.3 is 10.2 Å². The molecule has 0 spiro atoms. The number of hydrogen-bond donors (Lipinski definition) is 1. The zero-order chi connectivity index (χ0) is 12.3. The number of thiazole rings is 1. The Bertz CT molecular complexity index is 353. The van der Waals surface area contributed by atoms with E-state index in [0.29, 0.717) is 5.54 Å². The molecule has 1 aromatic rings. The van der Waals surface area contributed by atoms with Crippen molar-refractivity contribution in [2.75, 3.05) is 20.6 Å². The van der Waals surface area contributed by atoms with Crippen molar-refractivity contribution in [3.8, 4) is 0 Å². The summed E-state index contributed by atoms with van der Waals surface area (Å²) >= 11 is 1.73. The molecule has 4 heteroatoms. The molecule has 1 saturated carbocycles. The first kappa shape index (κ1) is 13.0. The third-order valence-corrected chi connectivity index (χ3v) is 4.73. The largest absolute Gasteiger partial charge is 0.309 e. The monoisotopic (exact) mass is 253 g/mol. The van der Waals surface area contributed by atoms with Crippen molar-refractivity contribution in [3.63, 3.8) is 0 Å². The third kappa shape index (κ3) is 3.06. The molecule has 1 heterocycles. The predicted octanol–water partition coefficient (Wildman–Crippen LogP) is 2.42. The maximum Gasteiger partial charge on any atom is 0.0897 e. The molecule has 0 unspecified atom stereocenters. The molecule has 1 aromatic heterocycles. The highest BCUT2D eigenvalue weighted by molar-refractivity contribution is 7.09. The van der Waals surface area contributed by atoms with E-state index >= 15 is 0 Å². The standard InChI is InChI=1S/C13H23N3S/c1-11-15-12(9-17-11)8-14-10-13(16(2)3)6-4-5-7-13/h9,14H,4-8,10H2,1-3H3. The Morgan fingerprint density at radius 1 is 1.41 bits per heavy atom. The van der Waals surface area contributed by atoms with Crippen LogP contribution in [0.3, 0.4) is 0 Å². The number of likely N-dealkylation sites (N-methyl/N-ethyl adjacent to an activating group) is 1. The molecule has 2 rings (SSSR count). The molecule has 0 aromatic carbocycles. The van der Waals surface area contributed by atoms with Crippen LogP contribution in [-0.4, -0.2) is 36.1 Å². The van der Waals surface area contributed by atoms with Crippen LogP contribution in [-0.2, 0) is 6.54 Å². The normalized spacial score (nSPS) is 19.1. The molecule has 96 valence electrons. The van der Waals surface area contributed by atoms with E-state index < -0.39 is 0 Å². The van der Waals surface area contributed by atoms with Crippen molar-refractivity contribution in [1.82, 2.24) is 15.2 Å². The summed E-state index contributed by atoms with van der Waals surface area (Å²) < 4.78 is 0. The maximum absolute atomic E-state index is 4.48. The molecule has 0 aliphatic heterocycles. The smallest absolute Gasteiger partial charge is 0.0897 e. The van der Waals surface area contributed by atoms with Crippen molar-refractivity contribution in [2.45, 2.75) is 44.7 Å². The highest BCUT2D eigenvalue weighted by atomic mass is 32.1. The van der Waals surface area contributed by atoms with Crippen LogP contribution in [0.25, 0.3) is 0 Å². The van der Waals surface area contributed by atoms with E-state index in [2.05, 4.69) is 41.6 Å². The van der Waals surface area contributed by atoms with Gasteiger partial charge in [0.25, 0.3) is 0 Å². The number of nitrogens with one attached hydrogen (secondary N) is 1. The van der Waals surface area contributed by atoms with E-state index in [1.165, 1.54) is 31.4 Å². The van der Waals surface area contributed by atoms with Gasteiger partial charge in [-0.25, -0.2) is 4.98 Å². The molecule has 0 bridgehead atoms. The van der Waals surface area contributed by atoms with Crippen molar-refractivity contribution < 1.29 is 0 Å². The lowest BCUT2D eigenvalue weighted by atomic mass is 9.96. The summed E-state index contributed by atoms with van der Waals surface area (Å²) in [6, 6.07) is 0. The van der Waals surface area contributed by atoms with Crippen LogP contribution in [0.2, 0.25) is 0 Å². The fraction of sp³-hybridized carbons (Fsp3) is 0.769. The Kier molecular flexibility index (Phi) is 4.17. The highest BCUT2D eigenvalue weighted by Gasteiger charge is 2.35. The van der Waals surface area contributed by atoms with E-state index in [9.17, 15) is 0 Å². The third-order valence-electron chi connectivity index (χ3n) is 3.91. The summed E-state index contributed by atoms with van der Waals surface area (Å²) in [4.78, 5) is 6.89. The van der Waals surface area contributed by atoms with E-state index in [-0.39, 0.29) is 0 Å². The first-order valence-electron chi connectivity index (χ1n) is 6.42. The quantitative estimate of drug-likeness (QED) is 0.873. The number of aryl methyl sites for hydroxylation is 1. The van der Waals surface area contributed by atoms with Crippen LogP contribution in [0, 0.1) is 6.92 Å². The van der Waals surface area contributed by atoms with E-state index in [1.54, 1.807) is 11.3 Å². The average molecular weight is 253 g/mol. The van der Waals surface area contributed by atoms with Crippen molar-refractivity contribution in [1.29, 1.82) is 0 Å². The van der Waals surface area contributed by atoms with Crippen molar-refractivity contribution >= 4 is 11.3 Å². The zero-order valence-electron chi connectivity index (χ0n) is 11.1. The number of aromatic nitrogens is 1. The minimum absolute atomic E-state index is 0.380. The fourth-order valence-corrected chi connectivity index (χ4v) is 3.34. The molecule has 1 aliphatic carbocycles. The minimum atomic E-state index is 0.380. The molecule has 1 fully saturated rings. The minimum Gasteiger partial charge on any atom is -0.309 e. The van der Waals surface area contributed by atoms with E-state index in [4.69, 9.17) is 0 Å². The molecule has 17 heavy (non-hydrogen) atoms. The Morgan fingerprint density at radius 2 is 2.12 bits per heavy atom. The summed E-state index contributed by atoms with van der Waals surface area (Å²) in [7, 11) is 4.42. The van der Waals surface area contributed by atoms with E-state index in [0.717, 1.165) is 18.1 Å². The predicted molar refractivity (Wildman–Crippen MR) is 73.4 cm³/mol. The lowest BCUT2D eigenvalue weighted by Gasteiger charge is -2.36. The van der Waals surface area contributed by atoms with Gasteiger partial charge in [-0.15, -0.1) is 11.3 Å². The van der Waals surface area contributed by atoms with Crippen molar-refractivity contribution in [3.05, 3.63) is 16.1 Å². The van der Waals surface area contributed by atoms with Crippen LogP contribution >= 0.6 is 11.3 Å². The van der Waals surface area contributed by atoms with Crippen LogP contribution in [0.5, 0.6) is 0 Å². The lowest BCUT2D eigenvalue weighted by molar-refractivity contribution is 0.153. The molecular formula is C13H23N3S. The van der Waals surface area contributed by atoms with Crippen LogP contribution in [0.1, 0.15) is 36.4 Å². The summed E-state index contributed by atoms with van der Waals surface area (Å²) in [5, 5.41) is 6.89. The molecule has 0 saturated heterocycles. The molecule has 0 amide bonds. The van der Waals surface area contributed by atoms with Gasteiger partial charge in [-0.1, -0.05) is 12.8 Å². The maximum atomic E-state index is 4.48. The van der Waals surface area contributed by atoms with Crippen LogP contribution < -0.4 is 5.32 Å². The second-order valence-corrected chi connectivity index (χ2v) is 6.35. The molecular weight excluding hydrogens is 230 g/mol. The van der Waals surface area contributed by atoms with Crippen LogP contribution in [0.15, 0.2) is 5.38 Å². The second kappa shape index (κ2) is 5.46. The fourth-order valence-electron chi connectivity index (χ4n) is 2.73. The Morgan fingerprint density at radius 3 is 2.65 bits per heavy atom. The van der Waals surface area contributed by atoms with Gasteiger partial charge in [-0.2, -0.15) is 0 Å². The SMILES string of the molecule is Cc1nc(CNCC2(N(C)C)CCCC2)cs1. The number of nitrogens with zero attached hydrogens (tertiary/aromatic N) is 2. The molecule has 0 radical (unpaired) electrons. The molecule has 0 atom stereocenters. The van der Waals surface area contributed by atoms with Gasteiger partial charge in [0.1, 0.15) is 0 Å². The van der Waals surface area contributed by atoms with Gasteiger partial charge in [0, 0.05) is 24.0 Å². The summed E-state index contributed by atoms with van der Waals surface area (Å²) in [6.07, 6.45) is 5.39. The van der Waals surface area contributed by atoms with Gasteiger partial charge in [0.15, 0.2) is 0 Å². The second-order valence-electron chi connectivity index (χ2n) is 5.29. The zero-order valence-corrected chi connectivity index (χ0v) is 11.9. The van der Waals surface area contributed by atoms with Crippen LogP contribution in [0.4, 0.5) is 0 Å². The molecule has 1 aliphatic rings. The molecule has 1 N–H and O–H groups in total. The molecule has 3 nitrogen and oxygen atoms in total.